The van der Waals surface area contributed by atoms with Crippen molar-refractivity contribution in [3.63, 3.8) is 0 Å². The first kappa shape index (κ1) is 23.2. The third-order valence-corrected chi connectivity index (χ3v) is 9.58. The molecule has 3 heteroatoms. The van der Waals surface area contributed by atoms with Crippen LogP contribution in [0.2, 0.25) is 0 Å². The Morgan fingerprint density at radius 3 is 2.59 bits per heavy atom. The maximum absolute atomic E-state index is 13.6. The minimum Gasteiger partial charge on any atom is -0.497 e. The van der Waals surface area contributed by atoms with Crippen LogP contribution in [0.15, 0.2) is 47.1 Å². The number of carbonyl (C=O) groups excluding carboxylic acids is 2. The zero-order valence-electron chi connectivity index (χ0n) is 21.0. The number of Topliss-reactive ketones (excluding diaryl/α,β-unsaturated/α-hetero) is 1. The number of ketones is 2. The Bertz CT molecular complexity index is 1140. The van der Waals surface area contributed by atoms with Gasteiger partial charge in [-0.25, -0.2) is 0 Å². The second-order valence-electron chi connectivity index (χ2n) is 10.9. The zero-order chi connectivity index (χ0) is 24.1. The zero-order valence-corrected chi connectivity index (χ0v) is 21.0. The fourth-order valence-corrected chi connectivity index (χ4v) is 8.07. The fourth-order valence-electron chi connectivity index (χ4n) is 8.07. The first-order valence-electron chi connectivity index (χ1n) is 13.0. The van der Waals surface area contributed by atoms with E-state index in [2.05, 4.69) is 43.0 Å². The molecule has 0 amide bonds. The molecule has 0 heterocycles. The monoisotopic (exact) mass is 456 g/mol. The van der Waals surface area contributed by atoms with Gasteiger partial charge in [0, 0.05) is 18.8 Å². The van der Waals surface area contributed by atoms with E-state index in [9.17, 15) is 9.59 Å². The molecule has 0 radical (unpaired) electrons. The minimum atomic E-state index is -0.555. The Kier molecular flexibility index (Phi) is 5.83. The molecule has 0 aliphatic heterocycles. The second-order valence-corrected chi connectivity index (χ2v) is 10.9. The quantitative estimate of drug-likeness (QED) is 0.481. The van der Waals surface area contributed by atoms with E-state index in [4.69, 9.17) is 4.74 Å². The molecule has 1 aromatic rings. The lowest BCUT2D eigenvalue weighted by atomic mass is 9.48. The Hall–Kier alpha value is -2.60. The standard InChI is InChI=1S/C31H36O3/c1-5-16-31(28(33)6-2)17-15-27-25-13-9-21-18-22(32)10-14-24(21)29(25)26(19-30(27,31)3)20-7-11-23(34-4)12-8-20/h7-8,11-12,18,25-27H,6,9-10,13-15,17,19H2,1-4H3/t25-,26+,27-,30-,31+/m0/s1. The normalized spacial score (nSPS) is 34.3. The van der Waals surface area contributed by atoms with Crippen molar-refractivity contribution >= 4 is 11.6 Å². The van der Waals surface area contributed by atoms with Crippen LogP contribution in [0.1, 0.15) is 83.6 Å². The van der Waals surface area contributed by atoms with Crippen molar-refractivity contribution in [1.82, 2.24) is 0 Å². The molecule has 4 aliphatic rings. The van der Waals surface area contributed by atoms with Gasteiger partial charge in [0.1, 0.15) is 5.75 Å². The maximum Gasteiger partial charge on any atom is 0.156 e. The van der Waals surface area contributed by atoms with Gasteiger partial charge >= 0.3 is 0 Å². The number of hydrogen-bond donors (Lipinski definition) is 0. The van der Waals surface area contributed by atoms with Crippen LogP contribution in [-0.4, -0.2) is 18.7 Å². The Morgan fingerprint density at radius 2 is 1.91 bits per heavy atom. The number of methoxy groups -OCH3 is 1. The summed E-state index contributed by atoms with van der Waals surface area (Å²) >= 11 is 0. The minimum absolute atomic E-state index is 0.159. The molecule has 0 saturated heterocycles. The van der Waals surface area contributed by atoms with Crippen molar-refractivity contribution in [3.05, 3.63) is 52.6 Å². The largest absolute Gasteiger partial charge is 0.497 e. The lowest BCUT2D eigenvalue weighted by Gasteiger charge is -2.54. The van der Waals surface area contributed by atoms with Crippen molar-refractivity contribution in [3.8, 4) is 17.6 Å². The Labute approximate surface area is 204 Å². The number of rotatable bonds is 4. The molecular weight excluding hydrogens is 420 g/mol. The molecule has 0 unspecified atom stereocenters. The number of carbonyl (C=O) groups is 2. The molecule has 2 fully saturated rings. The third kappa shape index (κ3) is 3.25. The molecule has 34 heavy (non-hydrogen) atoms. The predicted octanol–water partition coefficient (Wildman–Crippen LogP) is 6.58. The van der Waals surface area contributed by atoms with Crippen molar-refractivity contribution in [2.24, 2.45) is 22.7 Å². The first-order chi connectivity index (χ1) is 16.4. The number of ether oxygens (including phenoxy) is 1. The first-order valence-corrected chi connectivity index (χ1v) is 13.0. The predicted molar refractivity (Wildman–Crippen MR) is 134 cm³/mol. The summed E-state index contributed by atoms with van der Waals surface area (Å²) in [5.74, 6) is 9.27. The van der Waals surface area contributed by atoms with Gasteiger partial charge in [0.05, 0.1) is 12.5 Å². The van der Waals surface area contributed by atoms with Crippen LogP contribution in [0.3, 0.4) is 0 Å². The molecule has 1 aromatic carbocycles. The molecule has 0 spiro atoms. The summed E-state index contributed by atoms with van der Waals surface area (Å²) in [6.45, 7) is 6.25. The van der Waals surface area contributed by atoms with Gasteiger partial charge in [-0.1, -0.05) is 37.5 Å². The van der Waals surface area contributed by atoms with Crippen LogP contribution >= 0.6 is 0 Å². The molecule has 0 bridgehead atoms. The SMILES string of the molecule is CC#C[C@]1(C(=O)CC)CC[C@H]2[C@@H]3CCC4=CC(=O)CCC4=C3[C@@H](c3ccc(OC)cc3)C[C@@]21C. The van der Waals surface area contributed by atoms with E-state index in [1.165, 1.54) is 16.7 Å². The van der Waals surface area contributed by atoms with Gasteiger partial charge in [0.2, 0.25) is 0 Å². The van der Waals surface area contributed by atoms with Gasteiger partial charge < -0.3 is 4.74 Å². The smallest absolute Gasteiger partial charge is 0.156 e. The van der Waals surface area contributed by atoms with E-state index in [1.807, 2.05) is 19.9 Å². The fraction of sp³-hybridized carbons (Fsp3) is 0.548. The van der Waals surface area contributed by atoms with Gasteiger partial charge in [-0.3, -0.25) is 9.59 Å². The van der Waals surface area contributed by atoms with Crippen LogP contribution in [-0.2, 0) is 9.59 Å². The molecule has 5 atom stereocenters. The van der Waals surface area contributed by atoms with Crippen LogP contribution in [0.5, 0.6) is 5.75 Å². The van der Waals surface area contributed by atoms with E-state index in [1.54, 1.807) is 12.7 Å². The molecule has 5 rings (SSSR count). The summed E-state index contributed by atoms with van der Waals surface area (Å²) in [6, 6.07) is 8.51. The van der Waals surface area contributed by atoms with Crippen LogP contribution in [0.25, 0.3) is 0 Å². The molecule has 4 aliphatic carbocycles. The van der Waals surface area contributed by atoms with E-state index in [0.717, 1.165) is 44.3 Å². The molecule has 0 N–H and O–H groups in total. The highest BCUT2D eigenvalue weighted by Crippen LogP contribution is 2.69. The number of hydrogen-bond acceptors (Lipinski definition) is 3. The number of fused-ring (bicyclic) bond motifs is 4. The average molecular weight is 457 g/mol. The van der Waals surface area contributed by atoms with Gasteiger partial charge in [0.25, 0.3) is 0 Å². The van der Waals surface area contributed by atoms with Crippen molar-refractivity contribution in [2.75, 3.05) is 7.11 Å². The van der Waals surface area contributed by atoms with Gasteiger partial charge in [0.15, 0.2) is 11.6 Å². The highest BCUT2D eigenvalue weighted by molar-refractivity contribution is 5.93. The number of benzene rings is 1. The Balaban J connectivity index is 1.70. The van der Waals surface area contributed by atoms with E-state index in [-0.39, 0.29) is 17.1 Å². The van der Waals surface area contributed by atoms with Crippen LogP contribution < -0.4 is 4.74 Å². The lowest BCUT2D eigenvalue weighted by Crippen LogP contribution is -2.50. The van der Waals surface area contributed by atoms with Gasteiger partial charge in [-0.15, -0.1) is 5.92 Å². The van der Waals surface area contributed by atoms with E-state index < -0.39 is 5.41 Å². The summed E-state index contributed by atoms with van der Waals surface area (Å²) in [4.78, 5) is 25.8. The molecular formula is C31H36O3. The van der Waals surface area contributed by atoms with Crippen LogP contribution in [0.4, 0.5) is 0 Å². The summed E-state index contributed by atoms with van der Waals surface area (Å²) < 4.78 is 5.44. The van der Waals surface area contributed by atoms with Gasteiger partial charge in [-0.05, 0) is 97.6 Å². The second kappa shape index (κ2) is 8.56. The van der Waals surface area contributed by atoms with E-state index in [0.29, 0.717) is 30.5 Å². The van der Waals surface area contributed by atoms with Crippen molar-refractivity contribution in [1.29, 1.82) is 0 Å². The Morgan fingerprint density at radius 1 is 1.15 bits per heavy atom. The maximum atomic E-state index is 13.6. The van der Waals surface area contributed by atoms with Gasteiger partial charge in [-0.2, -0.15) is 0 Å². The average Bonchev–Trinajstić information content (AvgIpc) is 3.15. The third-order valence-electron chi connectivity index (χ3n) is 9.58. The van der Waals surface area contributed by atoms with E-state index >= 15 is 0 Å². The van der Waals surface area contributed by atoms with Crippen molar-refractivity contribution < 1.29 is 14.3 Å². The highest BCUT2D eigenvalue weighted by atomic mass is 16.5. The lowest BCUT2D eigenvalue weighted by molar-refractivity contribution is -0.132. The van der Waals surface area contributed by atoms with Crippen molar-refractivity contribution in [2.45, 2.75) is 78.1 Å². The highest BCUT2D eigenvalue weighted by Gasteiger charge is 2.65. The summed E-state index contributed by atoms with van der Waals surface area (Å²) in [5, 5.41) is 0. The number of allylic oxidation sites excluding steroid dienone is 4. The summed E-state index contributed by atoms with van der Waals surface area (Å²) in [7, 11) is 1.70. The molecule has 3 nitrogen and oxygen atoms in total. The topological polar surface area (TPSA) is 43.4 Å². The summed E-state index contributed by atoms with van der Waals surface area (Å²) in [5.41, 5.74) is 4.85. The van der Waals surface area contributed by atoms with Crippen LogP contribution in [0, 0.1) is 34.5 Å². The summed E-state index contributed by atoms with van der Waals surface area (Å²) in [6.07, 6.45) is 8.85. The molecule has 0 aromatic heterocycles. The molecule has 2 saturated carbocycles. The molecule has 178 valence electrons.